The summed E-state index contributed by atoms with van der Waals surface area (Å²) in [5.41, 5.74) is 2.87. The molecule has 2 fully saturated rings. The van der Waals surface area contributed by atoms with Crippen LogP contribution in [0.1, 0.15) is 31.7 Å². The first kappa shape index (κ1) is 26.1. The predicted octanol–water partition coefficient (Wildman–Crippen LogP) is 3.56. The Labute approximate surface area is 212 Å². The molecule has 1 atom stereocenters. The van der Waals surface area contributed by atoms with Gasteiger partial charge in [0.1, 0.15) is 17.6 Å². The van der Waals surface area contributed by atoms with Crippen LogP contribution in [0.5, 0.6) is 5.75 Å². The van der Waals surface area contributed by atoms with E-state index in [0.29, 0.717) is 31.9 Å². The van der Waals surface area contributed by atoms with E-state index in [4.69, 9.17) is 9.47 Å². The molecular weight excluding hydrogens is 461 g/mol. The van der Waals surface area contributed by atoms with Crippen molar-refractivity contribution < 1.29 is 23.5 Å². The number of piperidine rings is 1. The van der Waals surface area contributed by atoms with Crippen LogP contribution >= 0.6 is 0 Å². The molecule has 0 spiro atoms. The Balaban J connectivity index is 1.50. The summed E-state index contributed by atoms with van der Waals surface area (Å²) in [6.45, 7) is 7.05. The van der Waals surface area contributed by atoms with Crippen molar-refractivity contribution in [3.05, 3.63) is 53.8 Å². The average Bonchev–Trinajstić information content (AvgIpc) is 2.89. The van der Waals surface area contributed by atoms with Crippen molar-refractivity contribution in [2.24, 2.45) is 0 Å². The van der Waals surface area contributed by atoms with E-state index in [1.54, 1.807) is 24.0 Å². The predicted molar refractivity (Wildman–Crippen MR) is 136 cm³/mol. The Kier molecular flexibility index (Phi) is 8.93. The van der Waals surface area contributed by atoms with Gasteiger partial charge in [-0.2, -0.15) is 0 Å². The Morgan fingerprint density at radius 1 is 0.972 bits per heavy atom. The molecule has 2 aliphatic heterocycles. The highest BCUT2D eigenvalue weighted by atomic mass is 19.1. The number of hydrogen-bond acceptors (Lipinski definition) is 6. The highest BCUT2D eigenvalue weighted by Gasteiger charge is 2.33. The molecule has 4 rings (SSSR count). The standard InChI is InChI=1S/C28H36FN3O4/c1-3-35-28(34)25-6-4-5-13-32(25)27(33)20-36-26-12-9-22(21-7-10-24(29)11-8-21)18-23(26)19-31-16-14-30(2)15-17-31/h7-12,18,25H,3-6,13-17,19-20H2,1-2H3. The number of carbonyl (C=O) groups is 2. The molecule has 1 amide bonds. The maximum absolute atomic E-state index is 13.4. The van der Waals surface area contributed by atoms with Crippen LogP contribution in [0.25, 0.3) is 11.1 Å². The Hall–Kier alpha value is -2.97. The first-order chi connectivity index (χ1) is 17.4. The largest absolute Gasteiger partial charge is 0.483 e. The molecule has 194 valence electrons. The number of likely N-dealkylation sites (tertiary alicyclic amines) is 1. The minimum atomic E-state index is -0.541. The maximum atomic E-state index is 13.4. The van der Waals surface area contributed by atoms with E-state index in [1.165, 1.54) is 12.1 Å². The number of halogens is 1. The van der Waals surface area contributed by atoms with Crippen LogP contribution in [0.4, 0.5) is 4.39 Å². The lowest BCUT2D eigenvalue weighted by atomic mass is 10.0. The summed E-state index contributed by atoms with van der Waals surface area (Å²) in [6, 6.07) is 11.8. The van der Waals surface area contributed by atoms with E-state index < -0.39 is 6.04 Å². The number of benzene rings is 2. The smallest absolute Gasteiger partial charge is 0.328 e. The second-order valence-corrected chi connectivity index (χ2v) is 9.55. The summed E-state index contributed by atoms with van der Waals surface area (Å²) in [7, 11) is 2.12. The SMILES string of the molecule is CCOC(=O)C1CCCCN1C(=O)COc1ccc(-c2ccc(F)cc2)cc1CN1CCN(C)CC1. The molecule has 0 aromatic heterocycles. The van der Waals surface area contributed by atoms with Gasteiger partial charge in [-0.1, -0.05) is 18.2 Å². The molecule has 0 aliphatic carbocycles. The number of likely N-dealkylation sites (N-methyl/N-ethyl adjacent to an activating group) is 1. The number of ether oxygens (including phenoxy) is 2. The van der Waals surface area contributed by atoms with Crippen molar-refractivity contribution in [2.75, 3.05) is 53.0 Å². The lowest BCUT2D eigenvalue weighted by Crippen LogP contribution is -2.50. The van der Waals surface area contributed by atoms with Gasteiger partial charge in [-0.15, -0.1) is 0 Å². The zero-order valence-electron chi connectivity index (χ0n) is 21.2. The zero-order valence-corrected chi connectivity index (χ0v) is 21.2. The Bertz CT molecular complexity index is 1040. The van der Waals surface area contributed by atoms with E-state index in [9.17, 15) is 14.0 Å². The van der Waals surface area contributed by atoms with Gasteiger partial charge in [0.05, 0.1) is 6.61 Å². The number of piperazine rings is 1. The average molecular weight is 498 g/mol. The van der Waals surface area contributed by atoms with Crippen LogP contribution in [0, 0.1) is 5.82 Å². The molecule has 0 radical (unpaired) electrons. The van der Waals surface area contributed by atoms with Gasteiger partial charge in [0.2, 0.25) is 0 Å². The van der Waals surface area contributed by atoms with Gasteiger partial charge in [0, 0.05) is 44.8 Å². The van der Waals surface area contributed by atoms with E-state index >= 15 is 0 Å². The molecule has 1 unspecified atom stereocenters. The molecule has 2 saturated heterocycles. The van der Waals surface area contributed by atoms with Crippen molar-refractivity contribution >= 4 is 11.9 Å². The van der Waals surface area contributed by atoms with E-state index in [2.05, 4.69) is 22.9 Å². The number of rotatable bonds is 8. The fourth-order valence-electron chi connectivity index (χ4n) is 4.85. The third kappa shape index (κ3) is 6.62. The number of amides is 1. The summed E-state index contributed by atoms with van der Waals surface area (Å²) in [6.07, 6.45) is 2.38. The maximum Gasteiger partial charge on any atom is 0.328 e. The topological polar surface area (TPSA) is 62.3 Å². The minimum Gasteiger partial charge on any atom is -0.483 e. The minimum absolute atomic E-state index is 0.137. The van der Waals surface area contributed by atoms with Gasteiger partial charge < -0.3 is 19.3 Å². The number of esters is 1. The number of nitrogens with zero attached hydrogens (tertiary/aromatic N) is 3. The second-order valence-electron chi connectivity index (χ2n) is 9.55. The van der Waals surface area contributed by atoms with Crippen LogP contribution in [-0.4, -0.2) is 85.6 Å². The quantitative estimate of drug-likeness (QED) is 0.520. The molecular formula is C28H36FN3O4. The van der Waals surface area contributed by atoms with Gasteiger partial charge >= 0.3 is 5.97 Å². The molecule has 2 aromatic rings. The lowest BCUT2D eigenvalue weighted by molar-refractivity contribution is -0.157. The van der Waals surface area contributed by atoms with Gasteiger partial charge in [-0.3, -0.25) is 9.69 Å². The lowest BCUT2D eigenvalue weighted by Gasteiger charge is -2.34. The molecule has 0 N–H and O–H groups in total. The molecule has 2 aromatic carbocycles. The fraction of sp³-hybridized carbons (Fsp3) is 0.500. The van der Waals surface area contributed by atoms with Crippen molar-refractivity contribution in [3.8, 4) is 16.9 Å². The normalized spacial score (nSPS) is 19.2. The van der Waals surface area contributed by atoms with Gasteiger partial charge in [-0.25, -0.2) is 9.18 Å². The second kappa shape index (κ2) is 12.3. The Morgan fingerprint density at radius 3 is 2.42 bits per heavy atom. The van der Waals surface area contributed by atoms with Crippen molar-refractivity contribution in [1.29, 1.82) is 0 Å². The first-order valence-electron chi connectivity index (χ1n) is 12.8. The molecule has 2 heterocycles. The van der Waals surface area contributed by atoms with Crippen LogP contribution < -0.4 is 4.74 Å². The van der Waals surface area contributed by atoms with E-state index in [1.807, 2.05) is 12.1 Å². The highest BCUT2D eigenvalue weighted by molar-refractivity contribution is 5.85. The van der Waals surface area contributed by atoms with Crippen LogP contribution in [0.3, 0.4) is 0 Å². The monoisotopic (exact) mass is 497 g/mol. The summed E-state index contributed by atoms with van der Waals surface area (Å²) in [5, 5.41) is 0. The molecule has 0 bridgehead atoms. The molecule has 7 nitrogen and oxygen atoms in total. The van der Waals surface area contributed by atoms with Gasteiger partial charge in [-0.05, 0) is 68.6 Å². The summed E-state index contributed by atoms with van der Waals surface area (Å²) in [4.78, 5) is 31.8. The van der Waals surface area contributed by atoms with Crippen LogP contribution in [-0.2, 0) is 20.9 Å². The van der Waals surface area contributed by atoms with E-state index in [0.717, 1.165) is 55.7 Å². The summed E-state index contributed by atoms with van der Waals surface area (Å²) < 4.78 is 24.7. The molecule has 8 heteroatoms. The van der Waals surface area contributed by atoms with Gasteiger partial charge in [0.15, 0.2) is 6.61 Å². The van der Waals surface area contributed by atoms with Gasteiger partial charge in [0.25, 0.3) is 5.91 Å². The zero-order chi connectivity index (χ0) is 25.5. The van der Waals surface area contributed by atoms with Crippen molar-refractivity contribution in [3.63, 3.8) is 0 Å². The van der Waals surface area contributed by atoms with Crippen molar-refractivity contribution in [1.82, 2.24) is 14.7 Å². The fourth-order valence-corrected chi connectivity index (χ4v) is 4.85. The highest BCUT2D eigenvalue weighted by Crippen LogP contribution is 2.29. The Morgan fingerprint density at radius 2 is 1.69 bits per heavy atom. The summed E-state index contributed by atoms with van der Waals surface area (Å²) in [5.74, 6) is -0.169. The number of hydrogen-bond donors (Lipinski definition) is 0. The third-order valence-corrected chi connectivity index (χ3v) is 6.96. The van der Waals surface area contributed by atoms with Crippen LogP contribution in [0.2, 0.25) is 0 Å². The molecule has 36 heavy (non-hydrogen) atoms. The van der Waals surface area contributed by atoms with Crippen molar-refractivity contribution in [2.45, 2.75) is 38.8 Å². The summed E-state index contributed by atoms with van der Waals surface area (Å²) >= 11 is 0. The first-order valence-corrected chi connectivity index (χ1v) is 12.8. The number of carbonyl (C=O) groups excluding carboxylic acids is 2. The third-order valence-electron chi connectivity index (χ3n) is 6.96. The van der Waals surface area contributed by atoms with Crippen LogP contribution in [0.15, 0.2) is 42.5 Å². The van der Waals surface area contributed by atoms with E-state index in [-0.39, 0.29) is 24.3 Å². The molecule has 2 aliphatic rings. The molecule has 0 saturated carbocycles.